The van der Waals surface area contributed by atoms with E-state index < -0.39 is 0 Å². The molecule has 1 aromatic rings. The predicted octanol–water partition coefficient (Wildman–Crippen LogP) is 1.98. The van der Waals surface area contributed by atoms with Gasteiger partial charge in [-0.25, -0.2) is 0 Å². The van der Waals surface area contributed by atoms with Crippen LogP contribution >= 0.6 is 11.8 Å². The third kappa shape index (κ3) is 3.00. The highest BCUT2D eigenvalue weighted by atomic mass is 32.2. The van der Waals surface area contributed by atoms with Gasteiger partial charge in [-0.2, -0.15) is 0 Å². The van der Waals surface area contributed by atoms with E-state index in [4.69, 9.17) is 5.73 Å². The largest absolute Gasteiger partial charge is 0.330 e. The molecule has 2 N–H and O–H groups in total. The summed E-state index contributed by atoms with van der Waals surface area (Å²) >= 11 is 2.03. The van der Waals surface area contributed by atoms with Gasteiger partial charge >= 0.3 is 0 Å². The quantitative estimate of drug-likeness (QED) is 0.847. The Morgan fingerprint density at radius 1 is 1.44 bits per heavy atom. The number of hydrogen-bond acceptors (Lipinski definition) is 3. The van der Waals surface area contributed by atoms with Crippen molar-refractivity contribution in [2.24, 2.45) is 5.73 Å². The summed E-state index contributed by atoms with van der Waals surface area (Å²) < 4.78 is 0. The fourth-order valence-electron chi connectivity index (χ4n) is 2.16. The van der Waals surface area contributed by atoms with Gasteiger partial charge < -0.3 is 10.6 Å². The van der Waals surface area contributed by atoms with Crippen LogP contribution in [0.25, 0.3) is 0 Å². The first-order valence-corrected chi connectivity index (χ1v) is 6.80. The molecule has 1 aromatic carbocycles. The van der Waals surface area contributed by atoms with E-state index in [-0.39, 0.29) is 0 Å². The van der Waals surface area contributed by atoms with Gasteiger partial charge in [0, 0.05) is 16.7 Å². The summed E-state index contributed by atoms with van der Waals surface area (Å²) in [5.74, 6) is 0. The molecule has 0 spiro atoms. The van der Waals surface area contributed by atoms with Gasteiger partial charge in [-0.3, -0.25) is 0 Å². The topological polar surface area (TPSA) is 29.3 Å². The minimum atomic E-state index is 0.722. The van der Waals surface area contributed by atoms with Gasteiger partial charge in [0.25, 0.3) is 0 Å². The SMILES string of the molecule is CN(CCCN)CC1Cc2ccccc2S1. The second kappa shape index (κ2) is 5.71. The fourth-order valence-corrected chi connectivity index (χ4v) is 3.57. The molecular formula is C13H20N2S. The van der Waals surface area contributed by atoms with Gasteiger partial charge in [-0.05, 0) is 44.6 Å². The second-order valence-corrected chi connectivity index (χ2v) is 5.80. The first-order chi connectivity index (χ1) is 7.79. The lowest BCUT2D eigenvalue weighted by Crippen LogP contribution is -2.29. The van der Waals surface area contributed by atoms with E-state index in [9.17, 15) is 0 Å². The highest BCUT2D eigenvalue weighted by Crippen LogP contribution is 2.36. The van der Waals surface area contributed by atoms with Gasteiger partial charge in [0.15, 0.2) is 0 Å². The molecule has 1 aliphatic rings. The Morgan fingerprint density at radius 3 is 3.00 bits per heavy atom. The molecule has 1 unspecified atom stereocenters. The number of hydrogen-bond donors (Lipinski definition) is 1. The average molecular weight is 236 g/mol. The molecule has 0 bridgehead atoms. The number of rotatable bonds is 5. The lowest BCUT2D eigenvalue weighted by atomic mass is 10.1. The van der Waals surface area contributed by atoms with E-state index in [1.54, 1.807) is 0 Å². The van der Waals surface area contributed by atoms with Crippen LogP contribution in [0.2, 0.25) is 0 Å². The Hall–Kier alpha value is -0.510. The van der Waals surface area contributed by atoms with Gasteiger partial charge in [-0.15, -0.1) is 11.8 Å². The molecule has 1 heterocycles. The molecule has 1 atom stereocenters. The lowest BCUT2D eigenvalue weighted by molar-refractivity contribution is 0.332. The minimum Gasteiger partial charge on any atom is -0.330 e. The standard InChI is InChI=1S/C13H20N2S/c1-15(8-4-7-14)10-12-9-11-5-2-3-6-13(11)16-12/h2-3,5-6,12H,4,7-10,14H2,1H3. The molecule has 0 aromatic heterocycles. The molecule has 1 aliphatic heterocycles. The minimum absolute atomic E-state index is 0.722. The number of thioether (sulfide) groups is 1. The van der Waals surface area contributed by atoms with E-state index in [1.165, 1.54) is 23.4 Å². The van der Waals surface area contributed by atoms with Gasteiger partial charge in [-0.1, -0.05) is 18.2 Å². The predicted molar refractivity (Wildman–Crippen MR) is 71.0 cm³/mol. The van der Waals surface area contributed by atoms with Crippen molar-refractivity contribution >= 4 is 11.8 Å². The van der Waals surface area contributed by atoms with Crippen LogP contribution in [0.5, 0.6) is 0 Å². The van der Waals surface area contributed by atoms with Crippen molar-refractivity contribution in [1.82, 2.24) is 4.90 Å². The Labute approximate surface area is 102 Å². The molecule has 0 fully saturated rings. The van der Waals surface area contributed by atoms with Crippen LogP contribution in [-0.4, -0.2) is 36.8 Å². The molecule has 0 radical (unpaired) electrons. The Bertz CT molecular complexity index is 315. The van der Waals surface area contributed by atoms with E-state index in [0.717, 1.165) is 24.8 Å². The number of nitrogens with two attached hydrogens (primary N) is 1. The van der Waals surface area contributed by atoms with Gasteiger partial charge in [0.2, 0.25) is 0 Å². The van der Waals surface area contributed by atoms with Crippen molar-refractivity contribution in [3.8, 4) is 0 Å². The summed E-state index contributed by atoms with van der Waals surface area (Å²) in [6.45, 7) is 3.08. The number of benzene rings is 1. The molecule has 0 saturated carbocycles. The Balaban J connectivity index is 1.82. The fraction of sp³-hybridized carbons (Fsp3) is 0.538. The van der Waals surface area contributed by atoms with Gasteiger partial charge in [0.05, 0.1) is 0 Å². The van der Waals surface area contributed by atoms with Crippen LogP contribution in [0.15, 0.2) is 29.2 Å². The maximum absolute atomic E-state index is 5.52. The van der Waals surface area contributed by atoms with Gasteiger partial charge in [0.1, 0.15) is 0 Å². The van der Waals surface area contributed by atoms with Crippen LogP contribution < -0.4 is 5.73 Å². The third-order valence-corrected chi connectivity index (χ3v) is 4.27. The molecule has 3 heteroatoms. The summed E-state index contributed by atoms with van der Waals surface area (Å²) in [4.78, 5) is 3.87. The van der Waals surface area contributed by atoms with Crippen LogP contribution in [0.3, 0.4) is 0 Å². The summed E-state index contributed by atoms with van der Waals surface area (Å²) in [6.07, 6.45) is 2.31. The number of nitrogens with zero attached hydrogens (tertiary/aromatic N) is 1. The molecule has 2 rings (SSSR count). The van der Waals surface area contributed by atoms with Crippen molar-refractivity contribution in [3.05, 3.63) is 29.8 Å². The Kier molecular flexibility index (Phi) is 4.27. The van der Waals surface area contributed by atoms with E-state index >= 15 is 0 Å². The zero-order valence-corrected chi connectivity index (χ0v) is 10.7. The van der Waals surface area contributed by atoms with Crippen LogP contribution in [0.4, 0.5) is 0 Å². The second-order valence-electron chi connectivity index (χ2n) is 4.46. The first-order valence-electron chi connectivity index (χ1n) is 5.93. The molecule has 0 saturated heterocycles. The van der Waals surface area contributed by atoms with Crippen LogP contribution in [0, 0.1) is 0 Å². The summed E-state index contributed by atoms with van der Waals surface area (Å²) in [5, 5.41) is 0.722. The Morgan fingerprint density at radius 2 is 2.25 bits per heavy atom. The molecule has 0 amide bonds. The van der Waals surface area contributed by atoms with E-state index in [1.807, 2.05) is 11.8 Å². The zero-order chi connectivity index (χ0) is 11.4. The smallest absolute Gasteiger partial charge is 0.0263 e. The van der Waals surface area contributed by atoms with Crippen molar-refractivity contribution in [3.63, 3.8) is 0 Å². The summed E-state index contributed by atoms with van der Waals surface area (Å²) in [6, 6.07) is 8.76. The highest BCUT2D eigenvalue weighted by Gasteiger charge is 2.22. The normalized spacial score (nSPS) is 19.1. The average Bonchev–Trinajstić information content (AvgIpc) is 2.68. The molecule has 0 aliphatic carbocycles. The molecule has 2 nitrogen and oxygen atoms in total. The highest BCUT2D eigenvalue weighted by molar-refractivity contribution is 8.00. The lowest BCUT2D eigenvalue weighted by Gasteiger charge is -2.19. The van der Waals surface area contributed by atoms with Crippen LogP contribution in [-0.2, 0) is 6.42 Å². The maximum atomic E-state index is 5.52. The van der Waals surface area contributed by atoms with Crippen LogP contribution in [0.1, 0.15) is 12.0 Å². The van der Waals surface area contributed by atoms with Crippen molar-refractivity contribution in [2.75, 3.05) is 26.7 Å². The number of fused-ring (bicyclic) bond motifs is 1. The van der Waals surface area contributed by atoms with E-state index in [2.05, 4.69) is 36.2 Å². The van der Waals surface area contributed by atoms with E-state index in [0.29, 0.717) is 0 Å². The molecule has 88 valence electrons. The van der Waals surface area contributed by atoms with Crippen molar-refractivity contribution in [1.29, 1.82) is 0 Å². The van der Waals surface area contributed by atoms with Crippen molar-refractivity contribution in [2.45, 2.75) is 23.0 Å². The zero-order valence-electron chi connectivity index (χ0n) is 9.86. The van der Waals surface area contributed by atoms with Crippen molar-refractivity contribution < 1.29 is 0 Å². The monoisotopic (exact) mass is 236 g/mol. The summed E-state index contributed by atoms with van der Waals surface area (Å²) in [5.41, 5.74) is 7.04. The molecule has 16 heavy (non-hydrogen) atoms. The molecular weight excluding hydrogens is 216 g/mol. The first kappa shape index (κ1) is 12.0. The third-order valence-electron chi connectivity index (χ3n) is 2.97. The maximum Gasteiger partial charge on any atom is 0.0263 e. The summed E-state index contributed by atoms with van der Waals surface area (Å²) in [7, 11) is 2.19.